The maximum Gasteiger partial charge on any atom is 0.264 e. The first-order valence-corrected chi connectivity index (χ1v) is 8.34. The van der Waals surface area contributed by atoms with Crippen molar-refractivity contribution in [3.63, 3.8) is 0 Å². The fourth-order valence-corrected chi connectivity index (χ4v) is 5.07. The van der Waals surface area contributed by atoms with Gasteiger partial charge < -0.3 is 9.88 Å². The Balaban J connectivity index is 2.00. The van der Waals surface area contributed by atoms with Gasteiger partial charge in [-0.2, -0.15) is 0 Å². The Hall–Kier alpha value is -1.47. The van der Waals surface area contributed by atoms with Gasteiger partial charge in [-0.25, -0.2) is 0 Å². The molecule has 0 saturated carbocycles. The quantitative estimate of drug-likeness (QED) is 0.818. The molecule has 5 nitrogen and oxygen atoms in total. The summed E-state index contributed by atoms with van der Waals surface area (Å²) in [5, 5.41) is 0.753. The van der Waals surface area contributed by atoms with Crippen LogP contribution in [0.4, 0.5) is 0 Å². The smallest absolute Gasteiger partial charge is 0.264 e. The van der Waals surface area contributed by atoms with E-state index in [0.29, 0.717) is 17.7 Å². The minimum absolute atomic E-state index is 0.0252. The Morgan fingerprint density at radius 3 is 2.86 bits per heavy atom. The second kappa shape index (κ2) is 4.51. The van der Waals surface area contributed by atoms with Crippen LogP contribution in [0.3, 0.4) is 0 Å². The van der Waals surface area contributed by atoms with Crippen LogP contribution in [0.25, 0.3) is 10.2 Å². The Morgan fingerprint density at radius 2 is 2.14 bits per heavy atom. The predicted molar refractivity (Wildman–Crippen MR) is 84.6 cm³/mol. The Labute approximate surface area is 130 Å². The van der Waals surface area contributed by atoms with Gasteiger partial charge in [-0.1, -0.05) is 0 Å². The van der Waals surface area contributed by atoms with Crippen LogP contribution in [0.5, 0.6) is 0 Å². The van der Waals surface area contributed by atoms with Crippen LogP contribution in [-0.2, 0) is 17.6 Å². The predicted octanol–water partition coefficient (Wildman–Crippen LogP) is 2.01. The summed E-state index contributed by atoms with van der Waals surface area (Å²) in [5.74, 6) is -0.0252. The van der Waals surface area contributed by atoms with Crippen LogP contribution in [0.2, 0.25) is 0 Å². The highest BCUT2D eigenvalue weighted by atomic mass is 32.1. The van der Waals surface area contributed by atoms with Gasteiger partial charge in [-0.05, 0) is 43.5 Å². The molecule has 1 atom stereocenters. The summed E-state index contributed by atoms with van der Waals surface area (Å²) in [4.78, 5) is 32.1. The van der Waals surface area contributed by atoms with Crippen LogP contribution in [0.15, 0.2) is 4.79 Å². The van der Waals surface area contributed by atoms with Crippen LogP contribution < -0.4 is 5.56 Å². The molecule has 1 fully saturated rings. The average molecular weight is 321 g/mol. The number of aryl methyl sites for hydroxylation is 2. The highest BCUT2D eigenvalue weighted by molar-refractivity contribution is 7.71. The van der Waals surface area contributed by atoms with E-state index in [2.05, 4.69) is 4.98 Å². The number of aromatic amines is 1. The topological polar surface area (TPSA) is 58.1 Å². The van der Waals surface area contributed by atoms with Crippen molar-refractivity contribution in [1.29, 1.82) is 0 Å². The molecule has 21 heavy (non-hydrogen) atoms. The largest absolute Gasteiger partial charge is 0.344 e. The van der Waals surface area contributed by atoms with Crippen molar-refractivity contribution in [3.8, 4) is 0 Å². The second-order valence-corrected chi connectivity index (χ2v) is 7.22. The number of nitrogens with zero attached hydrogens (tertiary/aromatic N) is 2. The number of carbonyl (C=O) groups excluding carboxylic acids is 1. The van der Waals surface area contributed by atoms with Gasteiger partial charge in [0.15, 0.2) is 4.77 Å². The molecule has 1 aliphatic carbocycles. The standard InChI is InChI=1S/C14H15N3O2S2/c1-16-6-5-8(12(16)18)17-13(19)10-7-3-2-4-9(7)21-11(10)15-14(17)20/h8H,2-6H2,1H3,(H,15,20). The molecule has 0 spiro atoms. The van der Waals surface area contributed by atoms with Crippen molar-refractivity contribution in [3.05, 3.63) is 25.6 Å². The maximum absolute atomic E-state index is 12.9. The van der Waals surface area contributed by atoms with Gasteiger partial charge in [0.1, 0.15) is 10.9 Å². The van der Waals surface area contributed by atoms with E-state index in [-0.39, 0.29) is 11.5 Å². The third-order valence-corrected chi connectivity index (χ3v) is 6.01. The number of amides is 1. The minimum Gasteiger partial charge on any atom is -0.344 e. The first kappa shape index (κ1) is 13.2. The highest BCUT2D eigenvalue weighted by Gasteiger charge is 2.33. The molecule has 0 bridgehead atoms. The van der Waals surface area contributed by atoms with Crippen molar-refractivity contribution in [2.45, 2.75) is 31.7 Å². The van der Waals surface area contributed by atoms with Crippen LogP contribution >= 0.6 is 23.6 Å². The van der Waals surface area contributed by atoms with E-state index in [1.165, 1.54) is 15.0 Å². The number of carbonyl (C=O) groups is 1. The molecule has 110 valence electrons. The minimum atomic E-state index is -0.451. The van der Waals surface area contributed by atoms with Crippen molar-refractivity contribution in [2.75, 3.05) is 13.6 Å². The SMILES string of the molecule is CN1CCC(n2c(=S)[nH]c3sc4c(c3c2=O)CCC4)C1=O. The number of rotatable bonds is 1. The number of thiophene rings is 1. The number of hydrogen-bond acceptors (Lipinski definition) is 4. The van der Waals surface area contributed by atoms with Gasteiger partial charge in [0.25, 0.3) is 5.56 Å². The molecule has 4 rings (SSSR count). The van der Waals surface area contributed by atoms with E-state index in [4.69, 9.17) is 12.2 Å². The number of hydrogen-bond donors (Lipinski definition) is 1. The Kier molecular flexibility index (Phi) is 2.84. The van der Waals surface area contributed by atoms with Gasteiger partial charge in [-0.3, -0.25) is 14.2 Å². The van der Waals surface area contributed by atoms with Gasteiger partial charge in [0, 0.05) is 18.5 Å². The third kappa shape index (κ3) is 1.77. The molecule has 2 aromatic rings. The molecule has 0 aromatic carbocycles. The molecule has 2 aromatic heterocycles. The zero-order valence-corrected chi connectivity index (χ0v) is 13.3. The lowest BCUT2D eigenvalue weighted by Gasteiger charge is -2.13. The lowest BCUT2D eigenvalue weighted by molar-refractivity contribution is -0.129. The summed E-state index contributed by atoms with van der Waals surface area (Å²) in [6.45, 7) is 0.671. The number of nitrogens with one attached hydrogen (secondary N) is 1. The van der Waals surface area contributed by atoms with Crippen LogP contribution in [-0.4, -0.2) is 34.0 Å². The van der Waals surface area contributed by atoms with E-state index in [0.717, 1.165) is 29.5 Å². The van der Waals surface area contributed by atoms with Crippen molar-refractivity contribution in [2.24, 2.45) is 0 Å². The monoisotopic (exact) mass is 321 g/mol. The van der Waals surface area contributed by atoms with Crippen LogP contribution in [0, 0.1) is 4.77 Å². The van der Waals surface area contributed by atoms with Crippen molar-refractivity contribution in [1.82, 2.24) is 14.5 Å². The molecule has 1 amide bonds. The van der Waals surface area contributed by atoms with Gasteiger partial charge in [-0.15, -0.1) is 11.3 Å². The van der Waals surface area contributed by atoms with E-state index >= 15 is 0 Å². The zero-order chi connectivity index (χ0) is 14.7. The molecule has 1 unspecified atom stereocenters. The number of aromatic nitrogens is 2. The van der Waals surface area contributed by atoms with Gasteiger partial charge in [0.05, 0.1) is 5.39 Å². The number of fused-ring (bicyclic) bond motifs is 3. The molecule has 3 heterocycles. The number of likely N-dealkylation sites (N-methyl/N-ethyl adjacent to an activating group) is 1. The Morgan fingerprint density at radius 1 is 1.33 bits per heavy atom. The molecular formula is C14H15N3O2S2. The number of likely N-dealkylation sites (tertiary alicyclic amines) is 1. The normalized spacial score (nSPS) is 21.5. The molecule has 0 radical (unpaired) electrons. The summed E-state index contributed by atoms with van der Waals surface area (Å²) in [5.41, 5.74) is 1.07. The molecular weight excluding hydrogens is 306 g/mol. The van der Waals surface area contributed by atoms with E-state index in [1.807, 2.05) is 0 Å². The van der Waals surface area contributed by atoms with Crippen LogP contribution in [0.1, 0.15) is 29.3 Å². The first-order chi connectivity index (χ1) is 10.1. The van der Waals surface area contributed by atoms with E-state index < -0.39 is 6.04 Å². The van der Waals surface area contributed by atoms with Gasteiger partial charge >= 0.3 is 0 Å². The summed E-state index contributed by atoms with van der Waals surface area (Å²) in [6, 6.07) is -0.451. The fourth-order valence-electron chi connectivity index (χ4n) is 3.42. The zero-order valence-electron chi connectivity index (χ0n) is 11.6. The highest BCUT2D eigenvalue weighted by Crippen LogP contribution is 2.35. The van der Waals surface area contributed by atoms with E-state index in [1.54, 1.807) is 23.3 Å². The number of H-pyrrole nitrogens is 1. The molecule has 7 heteroatoms. The van der Waals surface area contributed by atoms with Gasteiger partial charge in [0.2, 0.25) is 5.91 Å². The fraction of sp³-hybridized carbons (Fsp3) is 0.500. The maximum atomic E-state index is 12.9. The molecule has 2 aliphatic rings. The third-order valence-electron chi connectivity index (χ3n) is 4.50. The lowest BCUT2D eigenvalue weighted by atomic mass is 10.2. The Bertz CT molecular complexity index is 877. The molecule has 1 saturated heterocycles. The summed E-state index contributed by atoms with van der Waals surface area (Å²) >= 11 is 6.98. The molecule has 1 aliphatic heterocycles. The van der Waals surface area contributed by atoms with Crippen molar-refractivity contribution < 1.29 is 4.79 Å². The second-order valence-electron chi connectivity index (χ2n) is 5.73. The summed E-state index contributed by atoms with van der Waals surface area (Å²) < 4.78 is 1.86. The summed E-state index contributed by atoms with van der Waals surface area (Å²) in [7, 11) is 1.76. The first-order valence-electron chi connectivity index (χ1n) is 7.12. The molecule has 1 N–H and O–H groups in total. The van der Waals surface area contributed by atoms with Crippen molar-refractivity contribution >= 4 is 39.7 Å². The summed E-state index contributed by atoms with van der Waals surface area (Å²) in [6.07, 6.45) is 3.75. The lowest BCUT2D eigenvalue weighted by Crippen LogP contribution is -2.32. The average Bonchev–Trinajstić information content (AvgIpc) is 3.08. The van der Waals surface area contributed by atoms with E-state index in [9.17, 15) is 9.59 Å².